The molecule has 1 aromatic heterocycles. The quantitative estimate of drug-likeness (QED) is 0.821. The van der Waals surface area contributed by atoms with Crippen LogP contribution in [-0.4, -0.2) is 23.3 Å². The number of aromatic nitrogens is 1. The zero-order valence-electron chi connectivity index (χ0n) is 15.6. The van der Waals surface area contributed by atoms with Gasteiger partial charge in [0, 0.05) is 25.1 Å². The molecule has 0 unspecified atom stereocenters. The van der Waals surface area contributed by atoms with E-state index in [1.54, 1.807) is 0 Å². The van der Waals surface area contributed by atoms with Gasteiger partial charge in [-0.25, -0.2) is 4.98 Å². The summed E-state index contributed by atoms with van der Waals surface area (Å²) in [5, 5.41) is 5.55. The average molecular weight is 345 g/mol. The van der Waals surface area contributed by atoms with Crippen LogP contribution >= 0.6 is 0 Å². The molecule has 5 heteroatoms. The molecule has 4 rings (SSSR count). The van der Waals surface area contributed by atoms with Crippen molar-refractivity contribution in [1.29, 1.82) is 0 Å². The Kier molecular flexibility index (Phi) is 7.89. The lowest BCUT2D eigenvalue weighted by Crippen LogP contribution is -2.18. The molecule has 2 N–H and O–H groups in total. The van der Waals surface area contributed by atoms with Crippen LogP contribution in [0.15, 0.2) is 12.1 Å². The van der Waals surface area contributed by atoms with E-state index in [1.807, 2.05) is 13.8 Å². The second kappa shape index (κ2) is 10.2. The summed E-state index contributed by atoms with van der Waals surface area (Å²) in [6.45, 7) is 5.09. The van der Waals surface area contributed by atoms with E-state index in [1.165, 1.54) is 56.2 Å². The van der Waals surface area contributed by atoms with Crippen LogP contribution in [0.1, 0.15) is 70.1 Å². The SMILES string of the molecule is CC.O=C1CCC(=O)N1.c1cc2c(nc1CCC1CCC1)NCCC2. The average Bonchev–Trinajstić information content (AvgIpc) is 2.99. The fraction of sp³-hybridized carbons (Fsp3) is 0.650. The lowest BCUT2D eigenvalue weighted by molar-refractivity contribution is -0.124. The number of aryl methyl sites for hydroxylation is 2. The van der Waals surface area contributed by atoms with E-state index in [2.05, 4.69) is 22.8 Å². The first kappa shape index (κ1) is 19.4. The summed E-state index contributed by atoms with van der Waals surface area (Å²) in [5.74, 6) is 1.85. The highest BCUT2D eigenvalue weighted by Crippen LogP contribution is 2.30. The van der Waals surface area contributed by atoms with Crippen molar-refractivity contribution in [2.75, 3.05) is 11.9 Å². The first-order chi connectivity index (χ1) is 12.2. The Labute approximate surface area is 151 Å². The largest absolute Gasteiger partial charge is 0.370 e. The van der Waals surface area contributed by atoms with E-state index in [0.29, 0.717) is 12.8 Å². The van der Waals surface area contributed by atoms with Gasteiger partial charge in [0.2, 0.25) is 11.8 Å². The molecule has 3 aliphatic rings. The van der Waals surface area contributed by atoms with E-state index < -0.39 is 0 Å². The van der Waals surface area contributed by atoms with Gasteiger partial charge in [-0.05, 0) is 43.2 Å². The maximum atomic E-state index is 10.1. The van der Waals surface area contributed by atoms with Crippen molar-refractivity contribution in [2.24, 2.45) is 5.92 Å². The second-order valence-electron chi connectivity index (χ2n) is 6.65. The van der Waals surface area contributed by atoms with Gasteiger partial charge in [-0.1, -0.05) is 39.2 Å². The van der Waals surface area contributed by atoms with Crippen LogP contribution < -0.4 is 10.6 Å². The Hall–Kier alpha value is -1.91. The number of pyridine rings is 1. The standard InChI is InChI=1S/C14H20N2.C4H5NO2.C2H6/c1-3-11(4-1)6-8-13-9-7-12-5-2-10-15-14(12)16-13;6-3-1-2-4(7)5-3;1-2/h7,9,11H,1-6,8,10H2,(H,15,16);1-2H2,(H,5,6,7);1-2H3. The van der Waals surface area contributed by atoms with E-state index in [-0.39, 0.29) is 11.8 Å². The lowest BCUT2D eigenvalue weighted by Gasteiger charge is -2.25. The molecular weight excluding hydrogens is 314 g/mol. The van der Waals surface area contributed by atoms with Crippen molar-refractivity contribution in [1.82, 2.24) is 10.3 Å². The van der Waals surface area contributed by atoms with E-state index >= 15 is 0 Å². The summed E-state index contributed by atoms with van der Waals surface area (Å²) in [4.78, 5) is 25.0. The molecule has 0 aromatic carbocycles. The van der Waals surface area contributed by atoms with Crippen molar-refractivity contribution >= 4 is 17.6 Å². The predicted molar refractivity (Wildman–Crippen MR) is 100 cm³/mol. The number of hydrogen-bond acceptors (Lipinski definition) is 4. The van der Waals surface area contributed by atoms with Crippen molar-refractivity contribution in [3.8, 4) is 0 Å². The lowest BCUT2D eigenvalue weighted by atomic mass is 9.82. The minimum absolute atomic E-state index is 0.148. The molecule has 2 amide bonds. The van der Waals surface area contributed by atoms with Gasteiger partial charge < -0.3 is 5.32 Å². The number of fused-ring (bicyclic) bond motifs is 1. The van der Waals surface area contributed by atoms with Gasteiger partial charge >= 0.3 is 0 Å². The fourth-order valence-electron chi connectivity index (χ4n) is 3.15. The summed E-state index contributed by atoms with van der Waals surface area (Å²) in [6, 6.07) is 4.50. The maximum absolute atomic E-state index is 10.1. The summed E-state index contributed by atoms with van der Waals surface area (Å²) in [6.07, 6.45) is 10.0. The van der Waals surface area contributed by atoms with Gasteiger partial charge in [-0.3, -0.25) is 14.9 Å². The van der Waals surface area contributed by atoms with Crippen LogP contribution in [0.5, 0.6) is 0 Å². The van der Waals surface area contributed by atoms with Gasteiger partial charge in [0.15, 0.2) is 0 Å². The number of amides is 2. The first-order valence-electron chi connectivity index (χ1n) is 9.76. The molecule has 0 bridgehead atoms. The highest BCUT2D eigenvalue weighted by molar-refractivity contribution is 6.01. The second-order valence-corrected chi connectivity index (χ2v) is 6.65. The topological polar surface area (TPSA) is 71.1 Å². The molecule has 138 valence electrons. The van der Waals surface area contributed by atoms with Gasteiger partial charge in [-0.15, -0.1) is 0 Å². The zero-order valence-corrected chi connectivity index (χ0v) is 15.6. The Morgan fingerprint density at radius 3 is 2.32 bits per heavy atom. The van der Waals surface area contributed by atoms with E-state index in [4.69, 9.17) is 4.98 Å². The smallest absolute Gasteiger partial charge is 0.227 e. The third-order valence-electron chi connectivity index (χ3n) is 4.84. The number of carbonyl (C=O) groups is 2. The normalized spacial score (nSPS) is 18.5. The molecular formula is C20H31N3O2. The molecule has 1 aromatic rings. The molecule has 1 saturated heterocycles. The molecule has 2 fully saturated rings. The number of rotatable bonds is 3. The minimum Gasteiger partial charge on any atom is -0.370 e. The molecule has 3 heterocycles. The highest BCUT2D eigenvalue weighted by Gasteiger charge is 2.18. The number of anilines is 1. The third kappa shape index (κ3) is 6.15. The minimum atomic E-state index is -0.148. The summed E-state index contributed by atoms with van der Waals surface area (Å²) in [7, 11) is 0. The number of nitrogens with one attached hydrogen (secondary N) is 2. The van der Waals surface area contributed by atoms with Crippen molar-refractivity contribution in [3.63, 3.8) is 0 Å². The van der Waals surface area contributed by atoms with Crippen molar-refractivity contribution in [2.45, 2.75) is 71.6 Å². The fourth-order valence-corrected chi connectivity index (χ4v) is 3.15. The maximum Gasteiger partial charge on any atom is 0.227 e. The Morgan fingerprint density at radius 2 is 1.76 bits per heavy atom. The Morgan fingerprint density at radius 1 is 1.04 bits per heavy atom. The van der Waals surface area contributed by atoms with Gasteiger partial charge in [0.05, 0.1) is 0 Å². The van der Waals surface area contributed by atoms with E-state index in [9.17, 15) is 9.59 Å². The first-order valence-corrected chi connectivity index (χ1v) is 9.76. The van der Waals surface area contributed by atoms with Gasteiger partial charge in [0.1, 0.15) is 5.82 Å². The predicted octanol–water partition coefficient (Wildman–Crippen LogP) is 3.62. The van der Waals surface area contributed by atoms with Crippen LogP contribution in [0, 0.1) is 5.92 Å². The van der Waals surface area contributed by atoms with Crippen LogP contribution in [0.25, 0.3) is 0 Å². The molecule has 1 aliphatic carbocycles. The summed E-state index contributed by atoms with van der Waals surface area (Å²) < 4.78 is 0. The molecule has 0 spiro atoms. The van der Waals surface area contributed by atoms with Crippen molar-refractivity contribution in [3.05, 3.63) is 23.4 Å². The summed E-state index contributed by atoms with van der Waals surface area (Å²) >= 11 is 0. The van der Waals surface area contributed by atoms with Crippen LogP contribution in [-0.2, 0) is 22.4 Å². The van der Waals surface area contributed by atoms with Gasteiger partial charge in [0.25, 0.3) is 0 Å². The molecule has 5 nitrogen and oxygen atoms in total. The van der Waals surface area contributed by atoms with Gasteiger partial charge in [-0.2, -0.15) is 0 Å². The van der Waals surface area contributed by atoms with Crippen LogP contribution in [0.2, 0.25) is 0 Å². The zero-order chi connectivity index (χ0) is 18.1. The van der Waals surface area contributed by atoms with E-state index in [0.717, 1.165) is 18.3 Å². The number of hydrogen-bond donors (Lipinski definition) is 2. The van der Waals surface area contributed by atoms with Crippen molar-refractivity contribution < 1.29 is 9.59 Å². The molecule has 1 saturated carbocycles. The molecule has 0 atom stereocenters. The number of imide groups is 1. The number of carbonyl (C=O) groups excluding carboxylic acids is 2. The highest BCUT2D eigenvalue weighted by atomic mass is 16.2. The Balaban J connectivity index is 0.000000211. The monoisotopic (exact) mass is 345 g/mol. The van der Waals surface area contributed by atoms with Crippen LogP contribution in [0.3, 0.4) is 0 Å². The molecule has 25 heavy (non-hydrogen) atoms. The number of nitrogens with zero attached hydrogens (tertiary/aromatic N) is 1. The Bertz CT molecular complexity index is 568. The van der Waals surface area contributed by atoms with Crippen LogP contribution in [0.4, 0.5) is 5.82 Å². The summed E-state index contributed by atoms with van der Waals surface area (Å²) in [5.41, 5.74) is 2.68. The third-order valence-corrected chi connectivity index (χ3v) is 4.84. The molecule has 0 radical (unpaired) electrons. The molecule has 2 aliphatic heterocycles.